The molecule has 1 aromatic carbocycles. The standard InChI is InChI=1S/C14H13BrN2O3/c1-3-9-7-17(16-12(13(9)18)14(19)20)11-6-4-5-10(15)8(11)2/h4-7H,3H2,1-2H3,(H,19,20). The van der Waals surface area contributed by atoms with E-state index >= 15 is 0 Å². The molecule has 1 aromatic heterocycles. The van der Waals surface area contributed by atoms with E-state index in [2.05, 4.69) is 21.0 Å². The Morgan fingerprint density at radius 2 is 2.15 bits per heavy atom. The van der Waals surface area contributed by atoms with E-state index in [0.29, 0.717) is 12.0 Å². The van der Waals surface area contributed by atoms with Crippen LogP contribution in [-0.4, -0.2) is 20.9 Å². The van der Waals surface area contributed by atoms with Crippen LogP contribution in [0.2, 0.25) is 0 Å². The second-order valence-corrected chi connectivity index (χ2v) is 5.17. The topological polar surface area (TPSA) is 72.2 Å². The first-order chi connectivity index (χ1) is 9.45. The fraction of sp³-hybridized carbons (Fsp3) is 0.214. The number of rotatable bonds is 3. The average Bonchev–Trinajstić information content (AvgIpc) is 2.42. The summed E-state index contributed by atoms with van der Waals surface area (Å²) < 4.78 is 2.34. The molecule has 0 saturated heterocycles. The third kappa shape index (κ3) is 2.51. The van der Waals surface area contributed by atoms with E-state index in [1.165, 1.54) is 4.68 Å². The summed E-state index contributed by atoms with van der Waals surface area (Å²) in [6.45, 7) is 3.70. The first-order valence-corrected chi connectivity index (χ1v) is 6.86. The number of aromatic nitrogens is 2. The molecule has 0 fully saturated rings. The fourth-order valence-corrected chi connectivity index (χ4v) is 2.26. The SMILES string of the molecule is CCc1cn(-c2cccc(Br)c2C)nc(C(=O)O)c1=O. The minimum atomic E-state index is -1.31. The summed E-state index contributed by atoms with van der Waals surface area (Å²) in [6.07, 6.45) is 2.04. The van der Waals surface area contributed by atoms with Crippen molar-refractivity contribution >= 4 is 21.9 Å². The molecule has 1 heterocycles. The second-order valence-electron chi connectivity index (χ2n) is 4.32. The van der Waals surface area contributed by atoms with E-state index in [0.717, 1.165) is 15.7 Å². The van der Waals surface area contributed by atoms with Gasteiger partial charge in [-0.25, -0.2) is 9.48 Å². The summed E-state index contributed by atoms with van der Waals surface area (Å²) in [6, 6.07) is 5.54. The number of aryl methyl sites for hydroxylation is 1. The molecule has 0 aliphatic heterocycles. The summed E-state index contributed by atoms with van der Waals surface area (Å²) in [5.74, 6) is -1.31. The Morgan fingerprint density at radius 1 is 1.45 bits per heavy atom. The van der Waals surface area contributed by atoms with Crippen LogP contribution in [0.4, 0.5) is 0 Å². The highest BCUT2D eigenvalue weighted by Crippen LogP contribution is 2.22. The Labute approximate surface area is 124 Å². The van der Waals surface area contributed by atoms with Crippen molar-refractivity contribution in [2.24, 2.45) is 0 Å². The van der Waals surface area contributed by atoms with Crippen molar-refractivity contribution in [2.45, 2.75) is 20.3 Å². The van der Waals surface area contributed by atoms with Gasteiger partial charge in [0, 0.05) is 16.2 Å². The molecule has 104 valence electrons. The second kappa shape index (κ2) is 5.58. The molecule has 0 radical (unpaired) electrons. The smallest absolute Gasteiger partial charge is 0.360 e. The molecule has 2 aromatic rings. The maximum Gasteiger partial charge on any atom is 0.360 e. The van der Waals surface area contributed by atoms with Crippen LogP contribution >= 0.6 is 15.9 Å². The maximum atomic E-state index is 11.9. The first-order valence-electron chi connectivity index (χ1n) is 6.07. The average molecular weight is 337 g/mol. The third-order valence-corrected chi connectivity index (χ3v) is 3.92. The van der Waals surface area contributed by atoms with Gasteiger partial charge in [0.05, 0.1) is 5.69 Å². The van der Waals surface area contributed by atoms with Crippen LogP contribution in [0, 0.1) is 6.92 Å². The van der Waals surface area contributed by atoms with E-state index in [4.69, 9.17) is 5.11 Å². The summed E-state index contributed by atoms with van der Waals surface area (Å²) in [7, 11) is 0. The van der Waals surface area contributed by atoms with Crippen LogP contribution in [-0.2, 0) is 6.42 Å². The molecule has 0 atom stereocenters. The minimum Gasteiger partial charge on any atom is -0.476 e. The predicted molar refractivity (Wildman–Crippen MR) is 78.6 cm³/mol. The Balaban J connectivity index is 2.75. The molecule has 0 amide bonds. The number of hydrogen-bond donors (Lipinski definition) is 1. The van der Waals surface area contributed by atoms with E-state index in [1.807, 2.05) is 25.1 Å². The van der Waals surface area contributed by atoms with Crippen LogP contribution in [0.3, 0.4) is 0 Å². The number of hydrogen-bond acceptors (Lipinski definition) is 3. The van der Waals surface area contributed by atoms with Gasteiger partial charge in [0.25, 0.3) is 0 Å². The minimum absolute atomic E-state index is 0.428. The van der Waals surface area contributed by atoms with Gasteiger partial charge in [-0.3, -0.25) is 4.79 Å². The highest BCUT2D eigenvalue weighted by atomic mass is 79.9. The highest BCUT2D eigenvalue weighted by molar-refractivity contribution is 9.10. The van der Waals surface area contributed by atoms with Gasteiger partial charge in [0.2, 0.25) is 11.1 Å². The van der Waals surface area contributed by atoms with Gasteiger partial charge in [0.1, 0.15) is 0 Å². The zero-order valence-corrected chi connectivity index (χ0v) is 12.6. The number of carboxylic acid groups (broad SMARTS) is 1. The van der Waals surface area contributed by atoms with Gasteiger partial charge in [-0.15, -0.1) is 0 Å². The molecule has 20 heavy (non-hydrogen) atoms. The first kappa shape index (κ1) is 14.5. The molecule has 0 aliphatic rings. The predicted octanol–water partition coefficient (Wildman–Crippen LogP) is 2.56. The molecule has 5 nitrogen and oxygen atoms in total. The van der Waals surface area contributed by atoms with Crippen molar-refractivity contribution in [3.63, 3.8) is 0 Å². The summed E-state index contributed by atoms with van der Waals surface area (Å²) >= 11 is 3.42. The summed E-state index contributed by atoms with van der Waals surface area (Å²) in [4.78, 5) is 23.1. The molecule has 0 unspecified atom stereocenters. The van der Waals surface area contributed by atoms with Crippen LogP contribution < -0.4 is 5.43 Å². The summed E-state index contributed by atoms with van der Waals surface area (Å²) in [5.41, 5.74) is 1.10. The molecule has 0 aliphatic carbocycles. The van der Waals surface area contributed by atoms with Crippen LogP contribution in [0.1, 0.15) is 28.5 Å². The van der Waals surface area contributed by atoms with Crippen LogP contribution in [0.5, 0.6) is 0 Å². The summed E-state index contributed by atoms with van der Waals surface area (Å²) in [5, 5.41) is 13.0. The quantitative estimate of drug-likeness (QED) is 0.934. The van der Waals surface area contributed by atoms with Gasteiger partial charge in [0.15, 0.2) is 0 Å². The van der Waals surface area contributed by atoms with E-state index in [9.17, 15) is 9.59 Å². The number of halogens is 1. The largest absolute Gasteiger partial charge is 0.476 e. The molecule has 1 N–H and O–H groups in total. The molecule has 0 spiro atoms. The van der Waals surface area contributed by atoms with E-state index in [1.54, 1.807) is 13.1 Å². The zero-order valence-electron chi connectivity index (χ0n) is 11.1. The molecule has 2 rings (SSSR count). The number of benzene rings is 1. The number of nitrogens with zero attached hydrogens (tertiary/aromatic N) is 2. The number of aromatic carboxylic acids is 1. The lowest BCUT2D eigenvalue weighted by Crippen LogP contribution is -2.24. The van der Waals surface area contributed by atoms with E-state index < -0.39 is 17.1 Å². The van der Waals surface area contributed by atoms with Crippen molar-refractivity contribution in [2.75, 3.05) is 0 Å². The molecular weight excluding hydrogens is 324 g/mol. The van der Waals surface area contributed by atoms with Gasteiger partial charge >= 0.3 is 5.97 Å². The Morgan fingerprint density at radius 3 is 2.75 bits per heavy atom. The maximum absolute atomic E-state index is 11.9. The van der Waals surface area contributed by atoms with Crippen molar-refractivity contribution in [3.8, 4) is 5.69 Å². The number of carbonyl (C=O) groups is 1. The lowest BCUT2D eigenvalue weighted by molar-refractivity contribution is 0.0686. The molecule has 6 heteroatoms. The zero-order chi connectivity index (χ0) is 14.9. The van der Waals surface area contributed by atoms with Gasteiger partial charge in [-0.05, 0) is 31.0 Å². The van der Waals surface area contributed by atoms with Gasteiger partial charge in [-0.1, -0.05) is 28.9 Å². The molecular formula is C14H13BrN2O3. The normalized spacial score (nSPS) is 10.6. The Kier molecular flexibility index (Phi) is 4.04. The molecule has 0 saturated carbocycles. The van der Waals surface area contributed by atoms with Crippen molar-refractivity contribution in [3.05, 3.63) is 55.9 Å². The highest BCUT2D eigenvalue weighted by Gasteiger charge is 2.16. The lowest BCUT2D eigenvalue weighted by Gasteiger charge is -2.12. The monoisotopic (exact) mass is 336 g/mol. The Bertz CT molecular complexity index is 738. The number of carboxylic acids is 1. The van der Waals surface area contributed by atoms with E-state index in [-0.39, 0.29) is 0 Å². The van der Waals surface area contributed by atoms with Crippen molar-refractivity contribution < 1.29 is 9.90 Å². The van der Waals surface area contributed by atoms with Gasteiger partial charge in [-0.2, -0.15) is 5.10 Å². The van der Waals surface area contributed by atoms with Gasteiger partial charge < -0.3 is 5.11 Å². The van der Waals surface area contributed by atoms with Crippen molar-refractivity contribution in [1.82, 2.24) is 9.78 Å². The fourth-order valence-electron chi connectivity index (χ4n) is 1.90. The Hall–Kier alpha value is -1.95. The van der Waals surface area contributed by atoms with Crippen LogP contribution in [0.25, 0.3) is 5.69 Å². The third-order valence-electron chi connectivity index (χ3n) is 3.06. The molecule has 0 bridgehead atoms. The van der Waals surface area contributed by atoms with Crippen LogP contribution in [0.15, 0.2) is 33.7 Å². The van der Waals surface area contributed by atoms with Crippen molar-refractivity contribution in [1.29, 1.82) is 0 Å². The lowest BCUT2D eigenvalue weighted by atomic mass is 10.1.